The van der Waals surface area contributed by atoms with Crippen molar-refractivity contribution in [3.63, 3.8) is 0 Å². The van der Waals surface area contributed by atoms with Crippen LogP contribution in [0.15, 0.2) is 30.9 Å². The lowest BCUT2D eigenvalue weighted by Crippen LogP contribution is -2.48. The Morgan fingerprint density at radius 1 is 1.24 bits per heavy atom. The molecule has 3 heterocycles. The number of carbonyl (C=O) groups is 1. The standard InChI is InChI=1S/C18H24N6O/c1-18(2,3)17-20-9-7-15(23-17)24-10-4-5-13(11-24)22-16(25)14-6-8-19-12-21-14/h6-9,12-13H,4-5,10-11H2,1-3H3,(H,22,25). The summed E-state index contributed by atoms with van der Waals surface area (Å²) in [6, 6.07) is 3.63. The fraction of sp³-hybridized carbons (Fsp3) is 0.500. The van der Waals surface area contributed by atoms with Crippen LogP contribution in [0, 0.1) is 0 Å². The molecule has 2 aromatic rings. The van der Waals surface area contributed by atoms with Crippen molar-refractivity contribution >= 4 is 11.7 Å². The highest BCUT2D eigenvalue weighted by Gasteiger charge is 2.24. The summed E-state index contributed by atoms with van der Waals surface area (Å²) in [5.41, 5.74) is 0.302. The number of carbonyl (C=O) groups excluding carboxylic acids is 1. The summed E-state index contributed by atoms with van der Waals surface area (Å²) in [6.07, 6.45) is 6.72. The Bertz CT molecular complexity index is 728. The molecule has 1 fully saturated rings. The van der Waals surface area contributed by atoms with E-state index in [4.69, 9.17) is 4.98 Å². The van der Waals surface area contributed by atoms with E-state index in [9.17, 15) is 4.79 Å². The number of nitrogens with one attached hydrogen (secondary N) is 1. The second-order valence-corrected chi connectivity index (χ2v) is 7.34. The van der Waals surface area contributed by atoms with Gasteiger partial charge in [-0.1, -0.05) is 20.8 Å². The zero-order valence-corrected chi connectivity index (χ0v) is 14.9. The molecule has 1 amide bonds. The summed E-state index contributed by atoms with van der Waals surface area (Å²) in [7, 11) is 0. The molecule has 0 aromatic carbocycles. The SMILES string of the molecule is CC(C)(C)c1nccc(N2CCCC(NC(=O)c3ccncn3)C2)n1. The maximum atomic E-state index is 12.3. The molecule has 1 N–H and O–H groups in total. The van der Waals surface area contributed by atoms with Crippen molar-refractivity contribution in [3.05, 3.63) is 42.4 Å². The Morgan fingerprint density at radius 3 is 2.80 bits per heavy atom. The number of hydrogen-bond acceptors (Lipinski definition) is 6. The Balaban J connectivity index is 1.68. The van der Waals surface area contributed by atoms with Crippen LogP contribution in [0.1, 0.15) is 49.9 Å². The number of rotatable bonds is 3. The monoisotopic (exact) mass is 340 g/mol. The maximum Gasteiger partial charge on any atom is 0.270 e. The van der Waals surface area contributed by atoms with Gasteiger partial charge in [-0.05, 0) is 25.0 Å². The second kappa shape index (κ2) is 7.13. The van der Waals surface area contributed by atoms with E-state index in [1.165, 1.54) is 6.33 Å². The van der Waals surface area contributed by atoms with Gasteiger partial charge < -0.3 is 10.2 Å². The van der Waals surface area contributed by atoms with E-state index in [-0.39, 0.29) is 17.4 Å². The first-order chi connectivity index (χ1) is 11.9. The molecule has 0 spiro atoms. The van der Waals surface area contributed by atoms with Gasteiger partial charge in [0.2, 0.25) is 0 Å². The molecule has 132 valence electrons. The third kappa shape index (κ3) is 4.29. The number of aromatic nitrogens is 4. The first-order valence-corrected chi connectivity index (χ1v) is 8.59. The molecule has 1 atom stereocenters. The Hall–Kier alpha value is -2.57. The minimum absolute atomic E-state index is 0.0734. The van der Waals surface area contributed by atoms with Crippen LogP contribution in [0.25, 0.3) is 0 Å². The lowest BCUT2D eigenvalue weighted by atomic mass is 9.96. The third-order valence-electron chi connectivity index (χ3n) is 4.21. The van der Waals surface area contributed by atoms with Crippen LogP contribution in [0.2, 0.25) is 0 Å². The van der Waals surface area contributed by atoms with E-state index in [1.807, 2.05) is 12.3 Å². The quantitative estimate of drug-likeness (QED) is 0.919. The maximum absolute atomic E-state index is 12.3. The summed E-state index contributed by atoms with van der Waals surface area (Å²) >= 11 is 0. The average molecular weight is 340 g/mol. The summed E-state index contributed by atoms with van der Waals surface area (Å²) in [6.45, 7) is 7.98. The van der Waals surface area contributed by atoms with Gasteiger partial charge in [-0.2, -0.15) is 0 Å². The highest BCUT2D eigenvalue weighted by molar-refractivity contribution is 5.92. The van der Waals surface area contributed by atoms with Crippen molar-refractivity contribution in [2.75, 3.05) is 18.0 Å². The molecule has 3 rings (SSSR count). The van der Waals surface area contributed by atoms with E-state index >= 15 is 0 Å². The molecule has 0 aliphatic carbocycles. The average Bonchev–Trinajstić information content (AvgIpc) is 2.62. The largest absolute Gasteiger partial charge is 0.354 e. The molecule has 7 heteroatoms. The zero-order chi connectivity index (χ0) is 17.9. The normalized spacial score (nSPS) is 18.0. The van der Waals surface area contributed by atoms with Crippen molar-refractivity contribution in [1.29, 1.82) is 0 Å². The van der Waals surface area contributed by atoms with Crippen molar-refractivity contribution in [2.24, 2.45) is 0 Å². The summed E-state index contributed by atoms with van der Waals surface area (Å²) < 4.78 is 0. The highest BCUT2D eigenvalue weighted by Crippen LogP contribution is 2.22. The predicted octanol–water partition coefficient (Wildman–Crippen LogP) is 1.96. The molecule has 0 radical (unpaired) electrons. The number of nitrogens with zero attached hydrogens (tertiary/aromatic N) is 5. The first-order valence-electron chi connectivity index (χ1n) is 8.59. The van der Waals surface area contributed by atoms with Crippen LogP contribution in [0.4, 0.5) is 5.82 Å². The number of hydrogen-bond donors (Lipinski definition) is 1. The number of amides is 1. The van der Waals surface area contributed by atoms with E-state index in [1.54, 1.807) is 12.3 Å². The van der Waals surface area contributed by atoms with Gasteiger partial charge in [0.1, 0.15) is 23.7 Å². The molecule has 7 nitrogen and oxygen atoms in total. The van der Waals surface area contributed by atoms with Gasteiger partial charge in [0.25, 0.3) is 5.91 Å². The highest BCUT2D eigenvalue weighted by atomic mass is 16.1. The Morgan fingerprint density at radius 2 is 2.08 bits per heavy atom. The summed E-state index contributed by atoms with van der Waals surface area (Å²) in [4.78, 5) is 31.5. The van der Waals surface area contributed by atoms with E-state index in [0.717, 1.165) is 37.6 Å². The number of piperidine rings is 1. The van der Waals surface area contributed by atoms with Gasteiger partial charge in [-0.3, -0.25) is 4.79 Å². The molecule has 0 bridgehead atoms. The number of anilines is 1. The molecule has 1 aliphatic rings. The molecule has 1 saturated heterocycles. The van der Waals surface area contributed by atoms with E-state index in [0.29, 0.717) is 5.69 Å². The topological polar surface area (TPSA) is 83.9 Å². The lowest BCUT2D eigenvalue weighted by molar-refractivity contribution is 0.0928. The van der Waals surface area contributed by atoms with Crippen LogP contribution in [-0.4, -0.2) is 45.0 Å². The van der Waals surface area contributed by atoms with Gasteiger partial charge in [-0.15, -0.1) is 0 Å². The molecule has 1 aliphatic heterocycles. The fourth-order valence-electron chi connectivity index (χ4n) is 2.87. The van der Waals surface area contributed by atoms with Crippen molar-refractivity contribution in [3.8, 4) is 0 Å². The summed E-state index contributed by atoms with van der Waals surface area (Å²) in [5.74, 6) is 1.59. The minimum Gasteiger partial charge on any atom is -0.354 e. The zero-order valence-electron chi connectivity index (χ0n) is 14.9. The van der Waals surface area contributed by atoms with Crippen molar-refractivity contribution < 1.29 is 4.79 Å². The Labute approximate surface area is 147 Å². The van der Waals surface area contributed by atoms with Crippen LogP contribution in [0.5, 0.6) is 0 Å². The predicted molar refractivity (Wildman–Crippen MR) is 95.5 cm³/mol. The smallest absolute Gasteiger partial charge is 0.270 e. The van der Waals surface area contributed by atoms with Gasteiger partial charge >= 0.3 is 0 Å². The molecular formula is C18H24N6O. The van der Waals surface area contributed by atoms with Gasteiger partial charge in [0, 0.05) is 36.9 Å². The van der Waals surface area contributed by atoms with E-state index in [2.05, 4.69) is 45.9 Å². The summed E-state index contributed by atoms with van der Waals surface area (Å²) in [5, 5.41) is 3.07. The minimum atomic E-state index is -0.160. The van der Waals surface area contributed by atoms with Crippen LogP contribution in [-0.2, 0) is 5.41 Å². The molecule has 25 heavy (non-hydrogen) atoms. The van der Waals surface area contributed by atoms with Gasteiger partial charge in [0.15, 0.2) is 0 Å². The van der Waals surface area contributed by atoms with Crippen LogP contribution < -0.4 is 10.2 Å². The van der Waals surface area contributed by atoms with Crippen LogP contribution >= 0.6 is 0 Å². The van der Waals surface area contributed by atoms with Crippen molar-refractivity contribution in [1.82, 2.24) is 25.3 Å². The third-order valence-corrected chi connectivity index (χ3v) is 4.21. The molecular weight excluding hydrogens is 316 g/mol. The van der Waals surface area contributed by atoms with Crippen molar-refractivity contribution in [2.45, 2.75) is 45.1 Å². The van der Waals surface area contributed by atoms with Crippen LogP contribution in [0.3, 0.4) is 0 Å². The van der Waals surface area contributed by atoms with E-state index < -0.39 is 0 Å². The second-order valence-electron chi connectivity index (χ2n) is 7.34. The van der Waals surface area contributed by atoms with Gasteiger partial charge in [0.05, 0.1) is 0 Å². The molecule has 0 saturated carbocycles. The lowest BCUT2D eigenvalue weighted by Gasteiger charge is -2.34. The van der Waals surface area contributed by atoms with Gasteiger partial charge in [-0.25, -0.2) is 19.9 Å². The molecule has 2 aromatic heterocycles. The fourth-order valence-corrected chi connectivity index (χ4v) is 2.87. The Kier molecular flexibility index (Phi) is 4.92. The first kappa shape index (κ1) is 17.3. The molecule has 1 unspecified atom stereocenters.